The third kappa shape index (κ3) is 6.07. The number of halogens is 2. The van der Waals surface area contributed by atoms with E-state index >= 15 is 0 Å². The van der Waals surface area contributed by atoms with Crippen molar-refractivity contribution in [3.05, 3.63) is 113 Å². The summed E-state index contributed by atoms with van der Waals surface area (Å²) in [6.07, 6.45) is 0.268. The molecular formula is C29H26Cl2O5S2. The molecule has 0 amide bonds. The first-order valence-electron chi connectivity index (χ1n) is 11.9. The van der Waals surface area contributed by atoms with Crippen molar-refractivity contribution < 1.29 is 21.6 Å². The van der Waals surface area contributed by atoms with Gasteiger partial charge in [-0.25, -0.2) is 16.8 Å². The molecule has 2 unspecified atom stereocenters. The van der Waals surface area contributed by atoms with Gasteiger partial charge in [-0.2, -0.15) is 0 Å². The van der Waals surface area contributed by atoms with Crippen LogP contribution in [-0.2, 0) is 19.7 Å². The van der Waals surface area contributed by atoms with E-state index in [1.54, 1.807) is 60.7 Å². The Labute approximate surface area is 233 Å². The zero-order valence-electron chi connectivity index (χ0n) is 20.7. The Hall–Kier alpha value is -2.84. The number of ether oxygens (including phenoxy) is 1. The number of alkyl halides is 1. The van der Waals surface area contributed by atoms with Gasteiger partial charge < -0.3 is 4.74 Å². The molecule has 0 radical (unpaired) electrons. The first kappa shape index (κ1) is 28.2. The van der Waals surface area contributed by atoms with Crippen molar-refractivity contribution in [3.8, 4) is 5.75 Å². The van der Waals surface area contributed by atoms with E-state index in [1.165, 1.54) is 36.4 Å². The van der Waals surface area contributed by atoms with Gasteiger partial charge in [0.05, 0.1) is 25.0 Å². The Kier molecular flexibility index (Phi) is 8.52. The highest BCUT2D eigenvalue weighted by Gasteiger charge is 2.21. The van der Waals surface area contributed by atoms with Gasteiger partial charge in [0.2, 0.25) is 19.7 Å². The lowest BCUT2D eigenvalue weighted by atomic mass is 10.1. The Balaban J connectivity index is 1.49. The van der Waals surface area contributed by atoms with Crippen molar-refractivity contribution in [1.29, 1.82) is 0 Å². The molecule has 0 bridgehead atoms. The van der Waals surface area contributed by atoms with E-state index < -0.39 is 19.7 Å². The van der Waals surface area contributed by atoms with Crippen molar-refractivity contribution in [2.45, 2.75) is 51.3 Å². The van der Waals surface area contributed by atoms with E-state index in [0.717, 1.165) is 11.1 Å². The molecule has 0 heterocycles. The lowest BCUT2D eigenvalue weighted by Crippen LogP contribution is -2.08. The highest BCUT2D eigenvalue weighted by atomic mass is 35.5. The zero-order valence-corrected chi connectivity index (χ0v) is 23.9. The van der Waals surface area contributed by atoms with Gasteiger partial charge in [-0.1, -0.05) is 42.8 Å². The van der Waals surface area contributed by atoms with Gasteiger partial charge in [-0.3, -0.25) is 0 Å². The van der Waals surface area contributed by atoms with Gasteiger partial charge in [0, 0.05) is 5.02 Å². The number of sulfone groups is 2. The zero-order chi connectivity index (χ0) is 27.5. The van der Waals surface area contributed by atoms with E-state index in [0.29, 0.717) is 17.2 Å². The van der Waals surface area contributed by atoms with Gasteiger partial charge in [-0.15, -0.1) is 11.6 Å². The molecule has 0 spiro atoms. The van der Waals surface area contributed by atoms with E-state index in [1.807, 2.05) is 13.8 Å². The number of hydrogen-bond donors (Lipinski definition) is 0. The molecule has 9 heteroatoms. The first-order chi connectivity index (χ1) is 18.0. The smallest absolute Gasteiger partial charge is 0.206 e. The quantitative estimate of drug-likeness (QED) is 0.186. The van der Waals surface area contributed by atoms with Gasteiger partial charge in [0.15, 0.2) is 0 Å². The summed E-state index contributed by atoms with van der Waals surface area (Å²) < 4.78 is 58.0. The molecule has 0 aromatic heterocycles. The Morgan fingerprint density at radius 2 is 1.00 bits per heavy atom. The predicted octanol–water partition coefficient (Wildman–Crippen LogP) is 7.84. The van der Waals surface area contributed by atoms with Gasteiger partial charge >= 0.3 is 0 Å². The molecule has 198 valence electrons. The van der Waals surface area contributed by atoms with Gasteiger partial charge in [-0.05, 0) is 97.3 Å². The summed E-state index contributed by atoms with van der Waals surface area (Å²) in [5.74, 6) is 0.500. The van der Waals surface area contributed by atoms with Crippen LogP contribution >= 0.6 is 23.2 Å². The van der Waals surface area contributed by atoms with E-state index in [-0.39, 0.29) is 31.1 Å². The average Bonchev–Trinajstić information content (AvgIpc) is 2.92. The summed E-state index contributed by atoms with van der Waals surface area (Å²) >= 11 is 11.9. The SMILES string of the molecule is CCC(Oc1ccc(S(=O)(=O)c2ccc(C(C)Cl)cc2)cc1)c1ccc(S(=O)(=O)c2ccc(Cl)cc2)cc1. The fourth-order valence-electron chi connectivity index (χ4n) is 3.91. The van der Waals surface area contributed by atoms with Crippen LogP contribution in [0.2, 0.25) is 5.02 Å². The van der Waals surface area contributed by atoms with Crippen molar-refractivity contribution in [2.75, 3.05) is 0 Å². The van der Waals surface area contributed by atoms with Crippen LogP contribution in [0.5, 0.6) is 5.75 Å². The molecule has 0 fully saturated rings. The van der Waals surface area contributed by atoms with Crippen LogP contribution in [0.25, 0.3) is 0 Å². The summed E-state index contributed by atoms with van der Waals surface area (Å²) in [6.45, 7) is 3.78. The molecule has 0 N–H and O–H groups in total. The molecule has 4 aromatic rings. The normalized spacial score (nSPS) is 13.6. The second-order valence-corrected chi connectivity index (χ2v) is 13.7. The molecule has 2 atom stereocenters. The minimum absolute atomic E-state index is 0.154. The Bertz CT molecular complexity index is 1600. The number of benzene rings is 4. The Morgan fingerprint density at radius 3 is 1.39 bits per heavy atom. The fraction of sp³-hybridized carbons (Fsp3) is 0.172. The second-order valence-electron chi connectivity index (χ2n) is 8.70. The number of hydrogen-bond acceptors (Lipinski definition) is 5. The molecule has 0 saturated carbocycles. The second kappa shape index (κ2) is 11.5. The molecule has 4 rings (SSSR count). The molecule has 4 aromatic carbocycles. The highest BCUT2D eigenvalue weighted by molar-refractivity contribution is 7.91. The molecule has 0 aliphatic rings. The fourth-order valence-corrected chi connectivity index (χ4v) is 6.70. The molecule has 0 aliphatic carbocycles. The monoisotopic (exact) mass is 588 g/mol. The van der Waals surface area contributed by atoms with E-state index in [4.69, 9.17) is 27.9 Å². The van der Waals surface area contributed by atoms with Crippen molar-refractivity contribution >= 4 is 42.9 Å². The minimum Gasteiger partial charge on any atom is -0.486 e. The highest BCUT2D eigenvalue weighted by Crippen LogP contribution is 2.30. The van der Waals surface area contributed by atoms with Gasteiger partial charge in [0.1, 0.15) is 11.9 Å². The lowest BCUT2D eigenvalue weighted by Gasteiger charge is -2.19. The lowest BCUT2D eigenvalue weighted by molar-refractivity contribution is 0.201. The van der Waals surface area contributed by atoms with Crippen LogP contribution in [0.4, 0.5) is 0 Å². The minimum atomic E-state index is -3.69. The van der Waals surface area contributed by atoms with Crippen LogP contribution < -0.4 is 4.74 Å². The third-order valence-electron chi connectivity index (χ3n) is 6.12. The topological polar surface area (TPSA) is 77.5 Å². The van der Waals surface area contributed by atoms with Crippen molar-refractivity contribution in [2.24, 2.45) is 0 Å². The molecule has 0 saturated heterocycles. The molecule has 5 nitrogen and oxygen atoms in total. The third-order valence-corrected chi connectivity index (χ3v) is 10.2. The maximum absolute atomic E-state index is 13.0. The number of rotatable bonds is 9. The van der Waals surface area contributed by atoms with E-state index in [9.17, 15) is 16.8 Å². The molecule has 0 aliphatic heterocycles. The molecule has 38 heavy (non-hydrogen) atoms. The van der Waals surface area contributed by atoms with Crippen LogP contribution in [0.1, 0.15) is 42.9 Å². The summed E-state index contributed by atoms with van der Waals surface area (Å²) in [4.78, 5) is 0.674. The van der Waals surface area contributed by atoms with Crippen LogP contribution in [-0.4, -0.2) is 16.8 Å². The van der Waals surface area contributed by atoms with Crippen LogP contribution in [0, 0.1) is 0 Å². The maximum Gasteiger partial charge on any atom is 0.206 e. The van der Waals surface area contributed by atoms with Gasteiger partial charge in [0.25, 0.3) is 0 Å². The largest absolute Gasteiger partial charge is 0.486 e. The summed E-state index contributed by atoms with van der Waals surface area (Å²) in [7, 11) is -7.37. The summed E-state index contributed by atoms with van der Waals surface area (Å²) in [6, 6.07) is 25.4. The first-order valence-corrected chi connectivity index (χ1v) is 15.7. The Morgan fingerprint density at radius 1 is 0.632 bits per heavy atom. The summed E-state index contributed by atoms with van der Waals surface area (Å²) in [5, 5.41) is 0.252. The molecular weight excluding hydrogens is 563 g/mol. The predicted molar refractivity (Wildman–Crippen MR) is 150 cm³/mol. The summed E-state index contributed by atoms with van der Waals surface area (Å²) in [5.41, 5.74) is 1.64. The van der Waals surface area contributed by atoms with Crippen LogP contribution in [0.15, 0.2) is 117 Å². The maximum atomic E-state index is 13.0. The van der Waals surface area contributed by atoms with Crippen molar-refractivity contribution in [1.82, 2.24) is 0 Å². The van der Waals surface area contributed by atoms with Crippen molar-refractivity contribution in [3.63, 3.8) is 0 Å². The average molecular weight is 590 g/mol. The standard InChI is InChI=1S/C29H26Cl2O5S2/c1-3-29(22-6-14-26(15-7-22)37(32,33)27-16-8-23(31)9-17-27)36-24-10-18-28(19-11-24)38(34,35)25-12-4-21(5-13-25)20(2)30/h4-20,29H,3H2,1-2H3. The van der Waals surface area contributed by atoms with E-state index in [2.05, 4.69) is 0 Å². The van der Waals surface area contributed by atoms with Crippen LogP contribution in [0.3, 0.4) is 0 Å².